The number of carbonyl (C=O) groups excluding carboxylic acids is 2. The first-order chi connectivity index (χ1) is 9.20. The summed E-state index contributed by atoms with van der Waals surface area (Å²) in [6.45, 7) is 2.35. The zero-order chi connectivity index (χ0) is 14.8. The van der Waals surface area contributed by atoms with Gasteiger partial charge in [0.1, 0.15) is 6.04 Å². The van der Waals surface area contributed by atoms with Crippen molar-refractivity contribution in [3.05, 3.63) is 0 Å². The van der Waals surface area contributed by atoms with Crippen LogP contribution in [0.15, 0.2) is 0 Å². The van der Waals surface area contributed by atoms with Crippen LogP contribution in [0.5, 0.6) is 0 Å². The standard InChI is InChI=1S/C9H14N2O2S2.2H2S2/c1-6-9(13)11(5-10-6)7-4-15-14-3-2-8(7)12;2*1-2/h6-7,10H,2-5H2,1H3;2*1-2H. The quantitative estimate of drug-likeness (QED) is 0.357. The van der Waals surface area contributed by atoms with Crippen molar-refractivity contribution in [2.24, 2.45) is 0 Å². The van der Waals surface area contributed by atoms with Crippen molar-refractivity contribution in [1.82, 2.24) is 10.2 Å². The Labute approximate surface area is 142 Å². The predicted molar refractivity (Wildman–Crippen MR) is 98.6 cm³/mol. The van der Waals surface area contributed by atoms with E-state index in [1.807, 2.05) is 6.92 Å². The molecule has 2 fully saturated rings. The van der Waals surface area contributed by atoms with Crippen molar-refractivity contribution in [3.8, 4) is 0 Å². The van der Waals surface area contributed by atoms with Crippen LogP contribution < -0.4 is 5.32 Å². The van der Waals surface area contributed by atoms with Crippen LogP contribution in [0.2, 0.25) is 0 Å². The van der Waals surface area contributed by atoms with E-state index in [-0.39, 0.29) is 23.8 Å². The van der Waals surface area contributed by atoms with Gasteiger partial charge in [0.15, 0.2) is 5.78 Å². The molecule has 1 N–H and O–H groups in total. The van der Waals surface area contributed by atoms with Crippen LogP contribution >= 0.6 is 68.2 Å². The van der Waals surface area contributed by atoms with Crippen molar-refractivity contribution in [2.45, 2.75) is 25.4 Å². The largest absolute Gasteiger partial charge is 0.318 e. The summed E-state index contributed by atoms with van der Waals surface area (Å²) >= 11 is 12.9. The number of Topliss-reactive ketones (excluding diaryl/α,β-unsaturated/α-hetero) is 1. The SMILES string of the molecule is CC1NCN(C2CSSCCC2=O)C1=O.SS.SS. The van der Waals surface area contributed by atoms with Gasteiger partial charge in [-0.1, -0.05) is 21.6 Å². The normalized spacial score (nSPS) is 26.9. The second-order valence-corrected chi connectivity index (χ2v) is 6.36. The molecule has 0 bridgehead atoms. The van der Waals surface area contributed by atoms with E-state index < -0.39 is 0 Å². The maximum atomic E-state index is 11.8. The zero-order valence-corrected chi connectivity index (χ0v) is 15.6. The first-order valence-electron chi connectivity index (χ1n) is 5.41. The van der Waals surface area contributed by atoms with E-state index in [0.717, 1.165) is 11.5 Å². The van der Waals surface area contributed by atoms with Gasteiger partial charge in [0.25, 0.3) is 0 Å². The summed E-state index contributed by atoms with van der Waals surface area (Å²) in [6, 6.07) is -0.353. The van der Waals surface area contributed by atoms with E-state index in [0.29, 0.717) is 13.1 Å². The van der Waals surface area contributed by atoms with Crippen LogP contribution in [-0.4, -0.2) is 46.8 Å². The number of thiol groups is 4. The Hall–Kier alpha value is 1.20. The number of hydrogen-bond acceptors (Lipinski definition) is 9. The minimum Gasteiger partial charge on any atom is -0.318 e. The second kappa shape index (κ2) is 11.8. The molecule has 112 valence electrons. The number of amides is 1. The van der Waals surface area contributed by atoms with Gasteiger partial charge in [-0.2, -0.15) is 0 Å². The fourth-order valence-electron chi connectivity index (χ4n) is 1.75. The van der Waals surface area contributed by atoms with Crippen LogP contribution in [-0.2, 0) is 9.59 Å². The molecule has 2 aliphatic heterocycles. The van der Waals surface area contributed by atoms with Crippen LogP contribution in [0.25, 0.3) is 0 Å². The molecule has 10 heteroatoms. The number of nitrogens with one attached hydrogen (secondary N) is 1. The molecule has 0 radical (unpaired) electrons. The summed E-state index contributed by atoms with van der Waals surface area (Å²) in [5, 5.41) is 3.07. The summed E-state index contributed by atoms with van der Waals surface area (Å²) in [4.78, 5) is 25.2. The Morgan fingerprint density at radius 3 is 2.37 bits per heavy atom. The lowest BCUT2D eigenvalue weighted by Crippen LogP contribution is -2.44. The molecule has 0 aliphatic carbocycles. The molecule has 4 nitrogen and oxygen atoms in total. The smallest absolute Gasteiger partial charge is 0.241 e. The van der Waals surface area contributed by atoms with Gasteiger partial charge in [-0.05, 0) is 6.92 Å². The topological polar surface area (TPSA) is 49.4 Å². The molecule has 0 aromatic rings. The monoisotopic (exact) mass is 378 g/mol. The van der Waals surface area contributed by atoms with Gasteiger partial charge in [-0.25, -0.2) is 0 Å². The van der Waals surface area contributed by atoms with Gasteiger partial charge in [-0.3, -0.25) is 14.9 Å². The minimum atomic E-state index is -0.213. The molecule has 2 atom stereocenters. The number of ketones is 1. The number of carbonyl (C=O) groups is 2. The molecular weight excluding hydrogens is 361 g/mol. The highest BCUT2D eigenvalue weighted by Gasteiger charge is 2.36. The molecule has 19 heavy (non-hydrogen) atoms. The average molecular weight is 379 g/mol. The summed E-state index contributed by atoms with van der Waals surface area (Å²) in [6.07, 6.45) is 0.584. The molecule has 0 spiro atoms. The maximum Gasteiger partial charge on any atom is 0.241 e. The first kappa shape index (κ1) is 20.2. The Kier molecular flexibility index (Phi) is 12.6. The van der Waals surface area contributed by atoms with Crippen molar-refractivity contribution >= 4 is 79.9 Å². The van der Waals surface area contributed by atoms with Crippen molar-refractivity contribution < 1.29 is 9.59 Å². The summed E-state index contributed by atoms with van der Waals surface area (Å²) < 4.78 is 0. The third-order valence-electron chi connectivity index (χ3n) is 2.71. The maximum absolute atomic E-state index is 11.8. The van der Waals surface area contributed by atoms with Crippen LogP contribution in [0, 0.1) is 0 Å². The van der Waals surface area contributed by atoms with Crippen molar-refractivity contribution in [2.75, 3.05) is 18.2 Å². The van der Waals surface area contributed by atoms with Crippen molar-refractivity contribution in [1.29, 1.82) is 0 Å². The van der Waals surface area contributed by atoms with E-state index in [2.05, 4.69) is 52.0 Å². The minimum absolute atomic E-state index is 0.0563. The second-order valence-electron chi connectivity index (χ2n) is 3.73. The summed E-state index contributed by atoms with van der Waals surface area (Å²) in [5.41, 5.74) is 0. The number of hydrogen-bond donors (Lipinski definition) is 5. The van der Waals surface area contributed by atoms with Crippen LogP contribution in [0.4, 0.5) is 0 Å². The lowest BCUT2D eigenvalue weighted by Gasteiger charge is -2.24. The van der Waals surface area contributed by atoms with Crippen LogP contribution in [0.1, 0.15) is 13.3 Å². The number of rotatable bonds is 1. The summed E-state index contributed by atoms with van der Waals surface area (Å²) in [7, 11) is 3.41. The Morgan fingerprint density at radius 2 is 1.84 bits per heavy atom. The van der Waals surface area contributed by atoms with E-state index >= 15 is 0 Å². The molecule has 2 saturated heterocycles. The average Bonchev–Trinajstić information content (AvgIpc) is 2.67. The highest BCUT2D eigenvalue weighted by Crippen LogP contribution is 2.29. The molecule has 2 aliphatic rings. The van der Waals surface area contributed by atoms with E-state index in [1.54, 1.807) is 26.5 Å². The molecule has 2 heterocycles. The van der Waals surface area contributed by atoms with E-state index in [4.69, 9.17) is 0 Å². The molecule has 2 rings (SSSR count). The predicted octanol–water partition coefficient (Wildman–Crippen LogP) is 2.01. The van der Waals surface area contributed by atoms with Gasteiger partial charge >= 0.3 is 0 Å². The molecular formula is C9H18N2O2S6. The Balaban J connectivity index is 0.000000741. The van der Waals surface area contributed by atoms with Gasteiger partial charge in [0, 0.05) is 17.9 Å². The van der Waals surface area contributed by atoms with Gasteiger partial charge in [-0.15, -0.1) is 46.6 Å². The lowest BCUT2D eigenvalue weighted by atomic mass is 10.1. The van der Waals surface area contributed by atoms with Crippen LogP contribution in [0.3, 0.4) is 0 Å². The van der Waals surface area contributed by atoms with E-state index in [1.165, 1.54) is 0 Å². The molecule has 0 aromatic carbocycles. The number of nitrogens with zero attached hydrogens (tertiary/aromatic N) is 1. The summed E-state index contributed by atoms with van der Waals surface area (Å²) in [5.74, 6) is 1.85. The lowest BCUT2D eigenvalue weighted by molar-refractivity contribution is -0.136. The fraction of sp³-hybridized carbons (Fsp3) is 0.778. The Bertz CT molecular complexity index is 294. The van der Waals surface area contributed by atoms with Gasteiger partial charge in [0.05, 0.1) is 12.7 Å². The highest BCUT2D eigenvalue weighted by molar-refractivity contribution is 8.76. The van der Waals surface area contributed by atoms with E-state index in [9.17, 15) is 9.59 Å². The zero-order valence-electron chi connectivity index (χ0n) is 10.4. The Morgan fingerprint density at radius 1 is 1.21 bits per heavy atom. The van der Waals surface area contributed by atoms with Crippen molar-refractivity contribution in [3.63, 3.8) is 0 Å². The third kappa shape index (κ3) is 6.23. The third-order valence-corrected chi connectivity index (χ3v) is 5.11. The first-order valence-corrected chi connectivity index (χ1v) is 11.1. The molecule has 0 aromatic heterocycles. The molecule has 0 saturated carbocycles. The van der Waals surface area contributed by atoms with Gasteiger partial charge < -0.3 is 4.90 Å². The molecule has 2 unspecified atom stereocenters. The fourth-order valence-corrected chi connectivity index (χ4v) is 4.02. The molecule has 1 amide bonds. The van der Waals surface area contributed by atoms with Gasteiger partial charge in [0.2, 0.25) is 5.91 Å². The highest BCUT2D eigenvalue weighted by atomic mass is 33.1.